The van der Waals surface area contributed by atoms with Crippen molar-refractivity contribution in [2.75, 3.05) is 0 Å². The number of hydrogen-bond acceptors (Lipinski definition) is 3. The molecule has 0 amide bonds. The Morgan fingerprint density at radius 3 is 2.38 bits per heavy atom. The molecule has 0 saturated carbocycles. The average molecular weight is 186 g/mol. The zero-order chi connectivity index (χ0) is 9.94. The van der Waals surface area contributed by atoms with Crippen molar-refractivity contribution < 1.29 is 14.6 Å². The van der Waals surface area contributed by atoms with Crippen LogP contribution in [0.15, 0.2) is 0 Å². The van der Waals surface area contributed by atoms with Crippen LogP contribution in [-0.2, 0) is 4.57 Å². The normalized spacial score (nSPS) is 10.1. The van der Waals surface area contributed by atoms with Crippen molar-refractivity contribution in [3.8, 4) is 0 Å². The van der Waals surface area contributed by atoms with Gasteiger partial charge in [-0.2, -0.15) is 0 Å². The minimum absolute atomic E-state index is 0.392. The molecule has 0 radical (unpaired) electrons. The van der Waals surface area contributed by atoms with Gasteiger partial charge in [0.2, 0.25) is 0 Å². The van der Waals surface area contributed by atoms with Gasteiger partial charge in [0.25, 0.3) is 0 Å². The van der Waals surface area contributed by atoms with Gasteiger partial charge < -0.3 is 14.6 Å². The highest BCUT2D eigenvalue weighted by atomic mass is 16.5. The highest BCUT2D eigenvalue weighted by Crippen LogP contribution is 2.08. The Labute approximate surface area is 81.9 Å². The Morgan fingerprint density at radius 2 is 1.77 bits per heavy atom. The van der Waals surface area contributed by atoms with Crippen molar-refractivity contribution in [2.45, 2.75) is 51.8 Å². The summed E-state index contributed by atoms with van der Waals surface area (Å²) in [6.45, 7) is 2.19. The van der Waals surface area contributed by atoms with E-state index in [-0.39, 0.29) is 0 Å². The van der Waals surface area contributed by atoms with Crippen LogP contribution < -0.4 is 0 Å². The molecule has 0 aromatic heterocycles. The molecule has 0 fully saturated rings. The third kappa shape index (κ3) is 9.93. The van der Waals surface area contributed by atoms with E-state index in [1.807, 2.05) is 0 Å². The first kappa shape index (κ1) is 13.0. The molecule has 0 rings (SSSR count). The summed E-state index contributed by atoms with van der Waals surface area (Å²) in [6.07, 6.45) is 7.84. The van der Waals surface area contributed by atoms with Gasteiger partial charge in [-0.1, -0.05) is 45.4 Å². The van der Waals surface area contributed by atoms with Gasteiger partial charge in [-0.05, 0) is 6.32 Å². The molecular weight excluding hydrogens is 166 g/mol. The zero-order valence-electron chi connectivity index (χ0n) is 8.54. The van der Waals surface area contributed by atoms with Crippen LogP contribution in [0.25, 0.3) is 0 Å². The summed E-state index contributed by atoms with van der Waals surface area (Å²) in [5.41, 5.74) is 0. The third-order valence-electron chi connectivity index (χ3n) is 2.07. The second-order valence-electron chi connectivity index (χ2n) is 3.31. The smallest absolute Gasteiger partial charge is 0.440 e. The van der Waals surface area contributed by atoms with E-state index < -0.39 is 14.8 Å². The van der Waals surface area contributed by atoms with Crippen LogP contribution >= 0.6 is 0 Å². The van der Waals surface area contributed by atoms with Crippen molar-refractivity contribution in [1.29, 1.82) is 0 Å². The van der Waals surface area contributed by atoms with Crippen molar-refractivity contribution >= 4 is 14.8 Å². The van der Waals surface area contributed by atoms with Gasteiger partial charge in [0.05, 0.1) is 0 Å². The van der Waals surface area contributed by atoms with Crippen LogP contribution in [0.1, 0.15) is 45.4 Å². The SMILES string of the molecule is CCCCCCCCB(O)OBO. The Hall–Kier alpha value is 0.00987. The summed E-state index contributed by atoms with van der Waals surface area (Å²) in [4.78, 5) is 0. The van der Waals surface area contributed by atoms with Gasteiger partial charge in [-0.15, -0.1) is 0 Å². The molecule has 2 N–H and O–H groups in total. The Bertz CT molecular complexity index is 103. The second-order valence-corrected chi connectivity index (χ2v) is 3.31. The molecule has 0 heterocycles. The summed E-state index contributed by atoms with van der Waals surface area (Å²) in [6, 6.07) is 0. The molecule has 0 aliphatic rings. The number of hydrogen-bond donors (Lipinski definition) is 2. The van der Waals surface area contributed by atoms with Crippen LogP contribution in [0.5, 0.6) is 0 Å². The quantitative estimate of drug-likeness (QED) is 0.418. The van der Waals surface area contributed by atoms with Crippen LogP contribution in [0.4, 0.5) is 0 Å². The van der Waals surface area contributed by atoms with E-state index in [9.17, 15) is 0 Å². The van der Waals surface area contributed by atoms with E-state index in [0.717, 1.165) is 12.8 Å². The maximum absolute atomic E-state index is 9.07. The van der Waals surface area contributed by atoms with Crippen molar-refractivity contribution in [1.82, 2.24) is 0 Å². The lowest BCUT2D eigenvalue weighted by Gasteiger charge is -2.04. The molecule has 0 saturated heterocycles. The van der Waals surface area contributed by atoms with E-state index in [1.54, 1.807) is 0 Å². The number of rotatable bonds is 9. The second kappa shape index (κ2) is 10.1. The monoisotopic (exact) mass is 186 g/mol. The molecule has 0 bridgehead atoms. The largest absolute Gasteiger partial charge is 0.454 e. The fourth-order valence-corrected chi connectivity index (χ4v) is 1.27. The average Bonchev–Trinajstić information content (AvgIpc) is 2.11. The molecule has 0 aliphatic heterocycles. The molecule has 0 unspecified atom stereocenters. The summed E-state index contributed by atoms with van der Waals surface area (Å²) >= 11 is 0. The Kier molecular flexibility index (Phi) is 10.1. The maximum Gasteiger partial charge on any atom is 0.440 e. The molecule has 76 valence electrons. The fraction of sp³-hybridized carbons (Fsp3) is 1.00. The van der Waals surface area contributed by atoms with Crippen LogP contribution in [-0.4, -0.2) is 24.9 Å². The first-order valence-corrected chi connectivity index (χ1v) is 5.21. The van der Waals surface area contributed by atoms with Gasteiger partial charge in [0, 0.05) is 0 Å². The van der Waals surface area contributed by atoms with Gasteiger partial charge in [0.15, 0.2) is 0 Å². The number of unbranched alkanes of at least 4 members (excludes halogenated alkanes) is 5. The predicted octanol–water partition coefficient (Wildman–Crippen LogP) is 1.10. The van der Waals surface area contributed by atoms with Crippen LogP contribution in [0.2, 0.25) is 6.32 Å². The lowest BCUT2D eigenvalue weighted by Crippen LogP contribution is -2.19. The topological polar surface area (TPSA) is 49.7 Å². The van der Waals surface area contributed by atoms with Crippen LogP contribution in [0, 0.1) is 0 Å². The molecule has 3 nitrogen and oxygen atoms in total. The molecule has 0 atom stereocenters. The molecule has 13 heavy (non-hydrogen) atoms. The van der Waals surface area contributed by atoms with Crippen molar-refractivity contribution in [3.63, 3.8) is 0 Å². The molecule has 0 aromatic rings. The van der Waals surface area contributed by atoms with E-state index in [0.29, 0.717) is 6.32 Å². The molecule has 0 spiro atoms. The summed E-state index contributed by atoms with van der Waals surface area (Å²) in [7, 11) is -1.17. The van der Waals surface area contributed by atoms with E-state index >= 15 is 0 Å². The maximum atomic E-state index is 9.07. The van der Waals surface area contributed by atoms with Gasteiger partial charge in [-0.25, -0.2) is 0 Å². The third-order valence-corrected chi connectivity index (χ3v) is 2.07. The predicted molar refractivity (Wildman–Crippen MR) is 56.6 cm³/mol. The first-order chi connectivity index (χ1) is 6.31. The summed E-state index contributed by atoms with van der Waals surface area (Å²) < 4.78 is 4.58. The first-order valence-electron chi connectivity index (χ1n) is 5.21. The van der Waals surface area contributed by atoms with Gasteiger partial charge in [0.1, 0.15) is 0 Å². The Morgan fingerprint density at radius 1 is 1.15 bits per heavy atom. The van der Waals surface area contributed by atoms with Gasteiger partial charge >= 0.3 is 14.8 Å². The van der Waals surface area contributed by atoms with Crippen molar-refractivity contribution in [2.24, 2.45) is 0 Å². The minimum atomic E-state index is -0.781. The molecule has 0 aliphatic carbocycles. The molecular formula is C8H20B2O3. The van der Waals surface area contributed by atoms with E-state index in [4.69, 9.17) is 10.0 Å². The highest BCUT2D eigenvalue weighted by Gasteiger charge is 2.10. The van der Waals surface area contributed by atoms with E-state index in [1.165, 1.54) is 25.7 Å². The van der Waals surface area contributed by atoms with Crippen LogP contribution in [0.3, 0.4) is 0 Å². The summed E-state index contributed by atoms with van der Waals surface area (Å²) in [5, 5.41) is 17.4. The highest BCUT2D eigenvalue weighted by molar-refractivity contribution is 6.49. The molecule has 0 aromatic carbocycles. The zero-order valence-corrected chi connectivity index (χ0v) is 8.54. The fourth-order valence-electron chi connectivity index (χ4n) is 1.27. The Balaban J connectivity index is 2.97. The summed E-state index contributed by atoms with van der Waals surface area (Å²) in [5.74, 6) is 0. The van der Waals surface area contributed by atoms with Gasteiger partial charge in [-0.3, -0.25) is 0 Å². The van der Waals surface area contributed by atoms with E-state index in [2.05, 4.69) is 11.5 Å². The lowest BCUT2D eigenvalue weighted by molar-refractivity contribution is 0.376. The standard InChI is InChI=1S/C8H20B2O3/c1-2-3-4-5-6-7-8-10(12)13-9-11/h9,11-12H,2-8H2,1H3. The minimum Gasteiger partial charge on any atom is -0.454 e. The molecule has 5 heteroatoms. The lowest BCUT2D eigenvalue weighted by atomic mass is 9.81. The van der Waals surface area contributed by atoms with Crippen molar-refractivity contribution in [3.05, 3.63) is 0 Å².